The summed E-state index contributed by atoms with van der Waals surface area (Å²) in [6, 6.07) is 1.94. The molecule has 3 aromatic heterocycles. The highest BCUT2D eigenvalue weighted by atomic mass is 32.1. The number of imidazole rings is 1. The number of amides is 1. The lowest BCUT2D eigenvalue weighted by Gasteiger charge is -2.16. The Balaban J connectivity index is 1.58. The van der Waals surface area contributed by atoms with Gasteiger partial charge in [0.1, 0.15) is 11.8 Å². The maximum atomic E-state index is 12.6. The number of thiophene rings is 1. The van der Waals surface area contributed by atoms with Crippen molar-refractivity contribution < 1.29 is 4.79 Å². The highest BCUT2D eigenvalue weighted by Crippen LogP contribution is 2.24. The molecule has 0 saturated carbocycles. The Morgan fingerprint density at radius 3 is 3.12 bits per heavy atom. The first kappa shape index (κ1) is 15.1. The van der Waals surface area contributed by atoms with E-state index in [0.717, 1.165) is 12.0 Å². The minimum atomic E-state index is -0.109. The monoisotopic (exact) mass is 343 g/mol. The lowest BCUT2D eigenvalue weighted by molar-refractivity contribution is -0.129. The first-order valence-corrected chi connectivity index (χ1v) is 8.75. The molecule has 0 radical (unpaired) electrons. The predicted molar refractivity (Wildman–Crippen MR) is 91.0 cm³/mol. The molecular formula is C16H17N5O2S. The molecule has 0 N–H and O–H groups in total. The molecule has 0 bridgehead atoms. The van der Waals surface area contributed by atoms with Crippen LogP contribution in [0, 0.1) is 0 Å². The molecule has 24 heavy (non-hydrogen) atoms. The van der Waals surface area contributed by atoms with Crippen molar-refractivity contribution in [2.45, 2.75) is 18.9 Å². The first-order valence-electron chi connectivity index (χ1n) is 7.81. The van der Waals surface area contributed by atoms with Crippen LogP contribution < -0.4 is 5.69 Å². The molecule has 1 aliphatic rings. The Morgan fingerprint density at radius 2 is 2.33 bits per heavy atom. The highest BCUT2D eigenvalue weighted by molar-refractivity contribution is 7.08. The second kappa shape index (κ2) is 5.86. The molecule has 1 fully saturated rings. The van der Waals surface area contributed by atoms with E-state index in [1.165, 1.54) is 6.33 Å². The third kappa shape index (κ3) is 2.43. The minimum Gasteiger partial charge on any atom is -0.340 e. The molecular weight excluding hydrogens is 326 g/mol. The molecule has 3 aromatic rings. The SMILES string of the molecule is Cn1c(=O)n([C@H]2CCN(C(=O)Cc3ccsc3)C2)c2ncncc21. The summed E-state index contributed by atoms with van der Waals surface area (Å²) >= 11 is 1.59. The minimum absolute atomic E-state index is 0.0393. The van der Waals surface area contributed by atoms with Crippen molar-refractivity contribution in [3.05, 3.63) is 45.4 Å². The lowest BCUT2D eigenvalue weighted by Crippen LogP contribution is -2.32. The van der Waals surface area contributed by atoms with E-state index in [-0.39, 0.29) is 17.6 Å². The Labute approximate surface area is 142 Å². The van der Waals surface area contributed by atoms with Crippen molar-refractivity contribution in [1.82, 2.24) is 24.0 Å². The van der Waals surface area contributed by atoms with Gasteiger partial charge in [0.05, 0.1) is 18.7 Å². The van der Waals surface area contributed by atoms with Crippen LogP contribution >= 0.6 is 11.3 Å². The van der Waals surface area contributed by atoms with Gasteiger partial charge in [-0.05, 0) is 28.8 Å². The fraction of sp³-hybridized carbons (Fsp3) is 0.375. The average Bonchev–Trinajstić information content (AvgIpc) is 3.30. The van der Waals surface area contributed by atoms with Gasteiger partial charge in [0, 0.05) is 20.1 Å². The summed E-state index contributed by atoms with van der Waals surface area (Å²) < 4.78 is 3.26. The van der Waals surface area contributed by atoms with Gasteiger partial charge in [0.25, 0.3) is 0 Å². The third-order valence-electron chi connectivity index (χ3n) is 4.57. The maximum Gasteiger partial charge on any atom is 0.330 e. The number of carbonyl (C=O) groups is 1. The molecule has 1 saturated heterocycles. The van der Waals surface area contributed by atoms with E-state index >= 15 is 0 Å². The van der Waals surface area contributed by atoms with Crippen molar-refractivity contribution in [2.75, 3.05) is 13.1 Å². The molecule has 1 atom stereocenters. The van der Waals surface area contributed by atoms with Crippen LogP contribution in [0.4, 0.5) is 0 Å². The number of hydrogen-bond donors (Lipinski definition) is 0. The second-order valence-electron chi connectivity index (χ2n) is 6.03. The number of carbonyl (C=O) groups excluding carboxylic acids is 1. The van der Waals surface area contributed by atoms with Crippen molar-refractivity contribution in [2.24, 2.45) is 7.05 Å². The fourth-order valence-corrected chi connectivity index (χ4v) is 3.95. The van der Waals surface area contributed by atoms with Gasteiger partial charge < -0.3 is 4.90 Å². The van der Waals surface area contributed by atoms with Gasteiger partial charge in [-0.15, -0.1) is 0 Å². The molecule has 1 aliphatic heterocycles. The number of hydrogen-bond acceptors (Lipinski definition) is 5. The van der Waals surface area contributed by atoms with E-state index in [9.17, 15) is 9.59 Å². The zero-order valence-corrected chi connectivity index (χ0v) is 14.1. The van der Waals surface area contributed by atoms with Gasteiger partial charge in [-0.25, -0.2) is 14.8 Å². The zero-order chi connectivity index (χ0) is 16.7. The van der Waals surface area contributed by atoms with E-state index < -0.39 is 0 Å². The lowest BCUT2D eigenvalue weighted by atomic mass is 10.2. The number of aryl methyl sites for hydroxylation is 1. The molecule has 4 rings (SSSR count). The number of nitrogens with zero attached hydrogens (tertiary/aromatic N) is 5. The number of fused-ring (bicyclic) bond motifs is 1. The summed E-state index contributed by atoms with van der Waals surface area (Å²) in [4.78, 5) is 35.1. The van der Waals surface area contributed by atoms with Crippen LogP contribution in [0.15, 0.2) is 34.1 Å². The average molecular weight is 343 g/mol. The topological polar surface area (TPSA) is 73.0 Å². The first-order chi connectivity index (χ1) is 11.6. The van der Waals surface area contributed by atoms with Crippen LogP contribution in [0.5, 0.6) is 0 Å². The number of likely N-dealkylation sites (tertiary alicyclic amines) is 1. The largest absolute Gasteiger partial charge is 0.340 e. The van der Waals surface area contributed by atoms with Crippen molar-refractivity contribution in [3.63, 3.8) is 0 Å². The summed E-state index contributed by atoms with van der Waals surface area (Å²) in [5.41, 5.74) is 2.28. The molecule has 1 amide bonds. The van der Waals surface area contributed by atoms with Crippen LogP contribution in [0.3, 0.4) is 0 Å². The molecule has 0 aromatic carbocycles. The number of rotatable bonds is 3. The van der Waals surface area contributed by atoms with Crippen LogP contribution in [-0.2, 0) is 18.3 Å². The van der Waals surface area contributed by atoms with Gasteiger partial charge in [-0.2, -0.15) is 11.3 Å². The van der Waals surface area contributed by atoms with E-state index in [1.807, 2.05) is 21.7 Å². The van der Waals surface area contributed by atoms with Gasteiger partial charge >= 0.3 is 5.69 Å². The summed E-state index contributed by atoms with van der Waals surface area (Å²) in [6.07, 6.45) is 4.28. The molecule has 0 aliphatic carbocycles. The van der Waals surface area contributed by atoms with Gasteiger partial charge in [-0.3, -0.25) is 13.9 Å². The Kier molecular flexibility index (Phi) is 3.68. The molecule has 8 heteroatoms. The van der Waals surface area contributed by atoms with E-state index in [4.69, 9.17) is 0 Å². The van der Waals surface area contributed by atoms with Crippen LogP contribution in [0.1, 0.15) is 18.0 Å². The van der Waals surface area contributed by atoms with Crippen LogP contribution in [0.25, 0.3) is 11.2 Å². The van der Waals surface area contributed by atoms with Crippen molar-refractivity contribution in [3.8, 4) is 0 Å². The Morgan fingerprint density at radius 1 is 1.46 bits per heavy atom. The quantitative estimate of drug-likeness (QED) is 0.716. The molecule has 0 unspecified atom stereocenters. The van der Waals surface area contributed by atoms with Crippen molar-refractivity contribution >= 4 is 28.4 Å². The normalized spacial score (nSPS) is 17.7. The summed E-state index contributed by atoms with van der Waals surface area (Å²) in [7, 11) is 1.72. The second-order valence-corrected chi connectivity index (χ2v) is 6.81. The molecule has 124 valence electrons. The zero-order valence-electron chi connectivity index (χ0n) is 13.3. The predicted octanol–water partition coefficient (Wildman–Crippen LogP) is 1.21. The number of aromatic nitrogens is 4. The molecule has 0 spiro atoms. The summed E-state index contributed by atoms with van der Waals surface area (Å²) in [5, 5.41) is 3.97. The fourth-order valence-electron chi connectivity index (χ4n) is 3.28. The standard InChI is InChI=1S/C16H17N5O2S/c1-19-13-7-17-10-18-15(13)21(16(19)23)12-2-4-20(8-12)14(22)6-11-3-5-24-9-11/h3,5,7,9-10,12H,2,4,6,8H2,1H3/t12-/m0/s1. The highest BCUT2D eigenvalue weighted by Gasteiger charge is 2.30. The van der Waals surface area contributed by atoms with Crippen molar-refractivity contribution in [1.29, 1.82) is 0 Å². The van der Waals surface area contributed by atoms with Crippen LogP contribution in [-0.4, -0.2) is 43.0 Å². The Hall–Kier alpha value is -2.48. The van der Waals surface area contributed by atoms with Gasteiger partial charge in [-0.1, -0.05) is 0 Å². The Bertz CT molecular complexity index is 943. The van der Waals surface area contributed by atoms with E-state index in [2.05, 4.69) is 9.97 Å². The van der Waals surface area contributed by atoms with E-state index in [0.29, 0.717) is 30.7 Å². The maximum absolute atomic E-state index is 12.6. The van der Waals surface area contributed by atoms with Gasteiger partial charge in [0.15, 0.2) is 5.65 Å². The van der Waals surface area contributed by atoms with Gasteiger partial charge in [0.2, 0.25) is 5.91 Å². The summed E-state index contributed by atoms with van der Waals surface area (Å²) in [5.74, 6) is 0.110. The summed E-state index contributed by atoms with van der Waals surface area (Å²) in [6.45, 7) is 1.22. The molecule has 7 nitrogen and oxygen atoms in total. The van der Waals surface area contributed by atoms with E-state index in [1.54, 1.807) is 33.7 Å². The third-order valence-corrected chi connectivity index (χ3v) is 5.30. The molecule has 4 heterocycles. The smallest absolute Gasteiger partial charge is 0.330 e. The van der Waals surface area contributed by atoms with Crippen LogP contribution in [0.2, 0.25) is 0 Å².